The number of amides is 1. The lowest BCUT2D eigenvalue weighted by Gasteiger charge is -2.22. The van der Waals surface area contributed by atoms with E-state index >= 15 is 0 Å². The van der Waals surface area contributed by atoms with Crippen LogP contribution in [0, 0.1) is 0 Å². The number of halogens is 1. The molecule has 0 aromatic heterocycles. The van der Waals surface area contributed by atoms with Crippen molar-refractivity contribution in [3.05, 3.63) is 29.8 Å². The van der Waals surface area contributed by atoms with Crippen LogP contribution in [0.1, 0.15) is 23.7 Å². The molecule has 1 aromatic carbocycles. The number of carbonyl (C=O) groups excluding carboxylic acids is 1. The Bertz CT molecular complexity index is 364. The summed E-state index contributed by atoms with van der Waals surface area (Å²) in [5, 5.41) is 0.820. The van der Waals surface area contributed by atoms with Gasteiger partial charge in [0.1, 0.15) is 0 Å². The smallest absolute Gasteiger partial charge is 0.255 e. The molecule has 2 nitrogen and oxygen atoms in total. The summed E-state index contributed by atoms with van der Waals surface area (Å²) in [5.41, 5.74) is 0.814. The lowest BCUT2D eigenvalue weighted by Crippen LogP contribution is -2.33. The van der Waals surface area contributed by atoms with Crippen LogP contribution in [0.5, 0.6) is 0 Å². The molecule has 0 heterocycles. The van der Waals surface area contributed by atoms with Gasteiger partial charge in [0.05, 0.1) is 5.56 Å². The molecular weight excluding hydrogens is 298 g/mol. The van der Waals surface area contributed by atoms with E-state index in [2.05, 4.69) is 22.9 Å². The van der Waals surface area contributed by atoms with Gasteiger partial charge < -0.3 is 4.90 Å². The van der Waals surface area contributed by atoms with Crippen molar-refractivity contribution >= 4 is 33.6 Å². The first-order valence-corrected chi connectivity index (χ1v) is 8.07. The molecule has 0 N–H and O–H groups in total. The number of thioether (sulfide) groups is 1. The first-order valence-electron chi connectivity index (χ1n) is 5.72. The molecule has 17 heavy (non-hydrogen) atoms. The van der Waals surface area contributed by atoms with Crippen LogP contribution < -0.4 is 0 Å². The molecule has 1 aromatic rings. The standard InChI is InChI=1S/C13H18BrNOS/c1-3-9-15(10-8-14)13(16)11-6-4-5-7-12(11)17-2/h4-7H,3,8-10H2,1-2H3. The number of alkyl halides is 1. The van der Waals surface area contributed by atoms with Crippen LogP contribution in [0.2, 0.25) is 0 Å². The SMILES string of the molecule is CCCN(CCBr)C(=O)c1ccccc1SC. The molecule has 0 unspecified atom stereocenters. The number of carbonyl (C=O) groups is 1. The molecule has 0 saturated heterocycles. The van der Waals surface area contributed by atoms with Gasteiger partial charge >= 0.3 is 0 Å². The van der Waals surface area contributed by atoms with Gasteiger partial charge in [-0.3, -0.25) is 4.79 Å². The van der Waals surface area contributed by atoms with Crippen molar-refractivity contribution in [2.24, 2.45) is 0 Å². The average Bonchev–Trinajstić information content (AvgIpc) is 2.37. The largest absolute Gasteiger partial charge is 0.338 e. The van der Waals surface area contributed by atoms with Gasteiger partial charge in [-0.2, -0.15) is 0 Å². The summed E-state index contributed by atoms with van der Waals surface area (Å²) in [6.07, 6.45) is 2.99. The van der Waals surface area contributed by atoms with Crippen molar-refractivity contribution in [3.8, 4) is 0 Å². The van der Waals surface area contributed by atoms with E-state index in [1.54, 1.807) is 11.8 Å². The van der Waals surface area contributed by atoms with Gasteiger partial charge in [0.15, 0.2) is 0 Å². The van der Waals surface area contributed by atoms with Crippen LogP contribution in [0.25, 0.3) is 0 Å². The highest BCUT2D eigenvalue weighted by Gasteiger charge is 2.16. The summed E-state index contributed by atoms with van der Waals surface area (Å²) in [7, 11) is 0. The predicted molar refractivity (Wildman–Crippen MR) is 78.2 cm³/mol. The maximum atomic E-state index is 12.4. The fraction of sp³-hybridized carbons (Fsp3) is 0.462. The number of rotatable bonds is 6. The molecule has 0 aliphatic carbocycles. The first kappa shape index (κ1) is 14.6. The number of hydrogen-bond donors (Lipinski definition) is 0. The highest BCUT2D eigenvalue weighted by atomic mass is 79.9. The summed E-state index contributed by atoms with van der Waals surface area (Å²) in [6.45, 7) is 3.66. The van der Waals surface area contributed by atoms with E-state index < -0.39 is 0 Å². The average molecular weight is 316 g/mol. The highest BCUT2D eigenvalue weighted by molar-refractivity contribution is 9.09. The van der Waals surface area contributed by atoms with Gasteiger partial charge in [0.2, 0.25) is 0 Å². The molecule has 0 aliphatic heterocycles. The quantitative estimate of drug-likeness (QED) is 0.590. The van der Waals surface area contributed by atoms with Gasteiger partial charge in [-0.05, 0) is 24.8 Å². The van der Waals surface area contributed by atoms with Crippen LogP contribution in [0.3, 0.4) is 0 Å². The Balaban J connectivity index is 2.92. The lowest BCUT2D eigenvalue weighted by atomic mass is 10.2. The summed E-state index contributed by atoms with van der Waals surface area (Å²) >= 11 is 5.02. The Hall–Kier alpha value is -0.480. The van der Waals surface area contributed by atoms with E-state index in [4.69, 9.17) is 0 Å². The van der Waals surface area contributed by atoms with Crippen molar-refractivity contribution < 1.29 is 4.79 Å². The molecule has 4 heteroatoms. The minimum Gasteiger partial charge on any atom is -0.338 e. The van der Waals surface area contributed by atoms with Crippen LogP contribution in [0.4, 0.5) is 0 Å². The van der Waals surface area contributed by atoms with Crippen LogP contribution in [-0.4, -0.2) is 35.5 Å². The molecule has 0 spiro atoms. The summed E-state index contributed by atoms with van der Waals surface area (Å²) in [4.78, 5) is 15.4. The highest BCUT2D eigenvalue weighted by Crippen LogP contribution is 2.21. The van der Waals surface area contributed by atoms with Gasteiger partial charge in [-0.1, -0.05) is 35.0 Å². The van der Waals surface area contributed by atoms with E-state index in [-0.39, 0.29) is 5.91 Å². The molecule has 94 valence electrons. The van der Waals surface area contributed by atoms with Gasteiger partial charge in [0.25, 0.3) is 5.91 Å². The fourth-order valence-corrected chi connectivity index (χ4v) is 2.70. The van der Waals surface area contributed by atoms with E-state index in [9.17, 15) is 4.79 Å². The minimum atomic E-state index is 0.135. The van der Waals surface area contributed by atoms with Crippen LogP contribution >= 0.6 is 27.7 Å². The van der Waals surface area contributed by atoms with E-state index in [1.165, 1.54) is 0 Å². The molecule has 0 aliphatic rings. The second-order valence-electron chi connectivity index (χ2n) is 3.68. The maximum absolute atomic E-state index is 12.4. The Morgan fingerprint density at radius 3 is 2.65 bits per heavy atom. The normalized spacial score (nSPS) is 10.3. The van der Waals surface area contributed by atoms with E-state index in [0.717, 1.165) is 35.3 Å². The van der Waals surface area contributed by atoms with Gasteiger partial charge in [-0.15, -0.1) is 11.8 Å². The minimum absolute atomic E-state index is 0.135. The monoisotopic (exact) mass is 315 g/mol. The summed E-state index contributed by atoms with van der Waals surface area (Å²) in [6, 6.07) is 7.80. The van der Waals surface area contributed by atoms with Gasteiger partial charge in [-0.25, -0.2) is 0 Å². The third kappa shape index (κ3) is 4.03. The Morgan fingerprint density at radius 2 is 2.06 bits per heavy atom. The molecule has 0 atom stereocenters. The molecule has 0 bridgehead atoms. The van der Waals surface area contributed by atoms with Gasteiger partial charge in [0, 0.05) is 23.3 Å². The fourth-order valence-electron chi connectivity index (χ4n) is 1.68. The van der Waals surface area contributed by atoms with Crippen molar-refractivity contribution in [2.45, 2.75) is 18.2 Å². The zero-order chi connectivity index (χ0) is 12.7. The number of nitrogens with zero attached hydrogens (tertiary/aromatic N) is 1. The summed E-state index contributed by atoms with van der Waals surface area (Å²) < 4.78 is 0. The second-order valence-corrected chi connectivity index (χ2v) is 5.32. The predicted octanol–water partition coefficient (Wildman–Crippen LogP) is 3.66. The number of benzene rings is 1. The van der Waals surface area contributed by atoms with Crippen molar-refractivity contribution in [1.29, 1.82) is 0 Å². The van der Waals surface area contributed by atoms with Crippen molar-refractivity contribution in [1.82, 2.24) is 4.90 Å². The molecule has 0 radical (unpaired) electrons. The Kier molecular flexibility index (Phi) is 6.66. The topological polar surface area (TPSA) is 20.3 Å². The molecule has 1 rings (SSSR count). The maximum Gasteiger partial charge on any atom is 0.255 e. The summed E-state index contributed by atoms with van der Waals surface area (Å²) in [5.74, 6) is 0.135. The zero-order valence-electron chi connectivity index (χ0n) is 10.3. The van der Waals surface area contributed by atoms with E-state index in [1.807, 2.05) is 35.4 Å². The number of hydrogen-bond acceptors (Lipinski definition) is 2. The zero-order valence-corrected chi connectivity index (χ0v) is 12.7. The third-order valence-electron chi connectivity index (χ3n) is 2.47. The lowest BCUT2D eigenvalue weighted by molar-refractivity contribution is 0.0763. The second kappa shape index (κ2) is 7.77. The van der Waals surface area contributed by atoms with Crippen molar-refractivity contribution in [3.63, 3.8) is 0 Å². The molecular formula is C13H18BrNOS. The van der Waals surface area contributed by atoms with E-state index in [0.29, 0.717) is 0 Å². The Labute approximate surface area is 116 Å². The first-order chi connectivity index (χ1) is 8.24. The molecule has 1 amide bonds. The Morgan fingerprint density at radius 1 is 1.35 bits per heavy atom. The van der Waals surface area contributed by atoms with Crippen LogP contribution in [-0.2, 0) is 0 Å². The molecule has 0 saturated carbocycles. The van der Waals surface area contributed by atoms with Crippen molar-refractivity contribution in [2.75, 3.05) is 24.7 Å². The third-order valence-corrected chi connectivity index (χ3v) is 3.62. The van der Waals surface area contributed by atoms with Crippen LogP contribution in [0.15, 0.2) is 29.2 Å². The molecule has 0 fully saturated rings.